The summed E-state index contributed by atoms with van der Waals surface area (Å²) in [4.78, 5) is 36.9. The standard InChI is InChI=1S/C22H22N4O5S/c1-13(19(27)23-18-8-6-5-7-17(18)21(29)30-3)31-20(28)15-9-11-16(12-10-15)26-14(2)24-25-22(26)32-4/h5-13H,1-4H3,(H,23,27). The van der Waals surface area contributed by atoms with Crippen molar-refractivity contribution in [1.82, 2.24) is 14.8 Å². The van der Waals surface area contributed by atoms with E-state index in [4.69, 9.17) is 9.47 Å². The molecule has 1 unspecified atom stereocenters. The Labute approximate surface area is 189 Å². The third-order valence-electron chi connectivity index (χ3n) is 4.58. The summed E-state index contributed by atoms with van der Waals surface area (Å²) < 4.78 is 11.9. The first kappa shape index (κ1) is 23.0. The van der Waals surface area contributed by atoms with Crippen LogP contribution in [0.1, 0.15) is 33.5 Å². The molecule has 0 radical (unpaired) electrons. The highest BCUT2D eigenvalue weighted by atomic mass is 32.2. The third-order valence-corrected chi connectivity index (χ3v) is 5.21. The number of esters is 2. The van der Waals surface area contributed by atoms with Gasteiger partial charge in [-0.05, 0) is 56.5 Å². The first-order chi connectivity index (χ1) is 15.3. The van der Waals surface area contributed by atoms with Crippen molar-refractivity contribution in [2.75, 3.05) is 18.7 Å². The number of thioether (sulfide) groups is 1. The first-order valence-electron chi connectivity index (χ1n) is 9.61. The van der Waals surface area contributed by atoms with Crippen LogP contribution in [0, 0.1) is 6.92 Å². The van der Waals surface area contributed by atoms with E-state index in [0.29, 0.717) is 5.56 Å². The molecule has 32 heavy (non-hydrogen) atoms. The van der Waals surface area contributed by atoms with E-state index in [1.165, 1.54) is 31.9 Å². The van der Waals surface area contributed by atoms with Gasteiger partial charge in [-0.3, -0.25) is 9.36 Å². The topological polar surface area (TPSA) is 112 Å². The number of carbonyl (C=O) groups is 3. The van der Waals surface area contributed by atoms with E-state index in [1.54, 1.807) is 42.5 Å². The van der Waals surface area contributed by atoms with Crippen molar-refractivity contribution in [3.8, 4) is 5.69 Å². The predicted octanol–water partition coefficient (Wildman–Crippen LogP) is 3.27. The van der Waals surface area contributed by atoms with Gasteiger partial charge in [-0.1, -0.05) is 23.9 Å². The van der Waals surface area contributed by atoms with Gasteiger partial charge in [-0.25, -0.2) is 9.59 Å². The van der Waals surface area contributed by atoms with Crippen molar-refractivity contribution in [3.05, 3.63) is 65.5 Å². The van der Waals surface area contributed by atoms with Crippen LogP contribution in [-0.2, 0) is 14.3 Å². The quantitative estimate of drug-likeness (QED) is 0.428. The number of nitrogens with one attached hydrogen (secondary N) is 1. The molecule has 0 aliphatic carbocycles. The molecule has 1 N–H and O–H groups in total. The lowest BCUT2D eigenvalue weighted by molar-refractivity contribution is -0.123. The number of nitrogens with zero attached hydrogens (tertiary/aromatic N) is 3. The molecule has 3 rings (SSSR count). The molecule has 0 fully saturated rings. The van der Waals surface area contributed by atoms with Gasteiger partial charge in [0, 0.05) is 5.69 Å². The molecule has 9 nitrogen and oxygen atoms in total. The molecular weight excluding hydrogens is 432 g/mol. The maximum atomic E-state index is 12.5. The molecule has 1 atom stereocenters. The van der Waals surface area contributed by atoms with E-state index < -0.39 is 23.9 Å². The maximum absolute atomic E-state index is 12.5. The predicted molar refractivity (Wildman–Crippen MR) is 119 cm³/mol. The van der Waals surface area contributed by atoms with Gasteiger partial charge < -0.3 is 14.8 Å². The van der Waals surface area contributed by atoms with E-state index in [1.807, 2.05) is 17.7 Å². The van der Waals surface area contributed by atoms with Crippen LogP contribution < -0.4 is 5.32 Å². The zero-order valence-corrected chi connectivity index (χ0v) is 18.8. The molecule has 1 heterocycles. The minimum absolute atomic E-state index is 0.200. The average molecular weight is 455 g/mol. The first-order valence-corrected chi connectivity index (χ1v) is 10.8. The molecule has 2 aromatic carbocycles. The summed E-state index contributed by atoms with van der Waals surface area (Å²) in [6.07, 6.45) is 0.817. The molecule has 0 saturated carbocycles. The summed E-state index contributed by atoms with van der Waals surface area (Å²) in [7, 11) is 1.25. The number of carbonyl (C=O) groups excluding carboxylic acids is 3. The number of aryl methyl sites for hydroxylation is 1. The Bertz CT molecular complexity index is 1140. The van der Waals surface area contributed by atoms with Crippen molar-refractivity contribution in [2.24, 2.45) is 0 Å². The van der Waals surface area contributed by atoms with E-state index in [-0.39, 0.29) is 11.3 Å². The van der Waals surface area contributed by atoms with Crippen molar-refractivity contribution >= 4 is 35.3 Å². The van der Waals surface area contributed by atoms with Gasteiger partial charge in [-0.2, -0.15) is 0 Å². The molecule has 0 bridgehead atoms. The van der Waals surface area contributed by atoms with Gasteiger partial charge in [0.2, 0.25) is 0 Å². The summed E-state index contributed by atoms with van der Waals surface area (Å²) in [5.41, 5.74) is 1.57. The fourth-order valence-electron chi connectivity index (χ4n) is 2.92. The van der Waals surface area contributed by atoms with Crippen molar-refractivity contribution in [3.63, 3.8) is 0 Å². The van der Waals surface area contributed by atoms with E-state index in [9.17, 15) is 14.4 Å². The van der Waals surface area contributed by atoms with E-state index in [2.05, 4.69) is 15.5 Å². The molecule has 0 aliphatic rings. The number of benzene rings is 2. The Morgan fingerprint density at radius 3 is 2.38 bits per heavy atom. The number of aromatic nitrogens is 3. The van der Waals surface area contributed by atoms with Crippen molar-refractivity contribution in [2.45, 2.75) is 25.1 Å². The summed E-state index contributed by atoms with van der Waals surface area (Å²) in [5.74, 6) is -1.08. The molecule has 3 aromatic rings. The fraction of sp³-hybridized carbons (Fsp3) is 0.227. The van der Waals surface area contributed by atoms with Crippen LogP contribution in [0.2, 0.25) is 0 Å². The number of para-hydroxylation sites is 1. The van der Waals surface area contributed by atoms with Gasteiger partial charge in [0.1, 0.15) is 5.82 Å². The number of rotatable bonds is 7. The summed E-state index contributed by atoms with van der Waals surface area (Å²) in [5, 5.41) is 11.5. The highest BCUT2D eigenvalue weighted by Gasteiger charge is 2.21. The molecular formula is C22H22N4O5S. The lowest BCUT2D eigenvalue weighted by atomic mass is 10.1. The molecule has 166 valence electrons. The Morgan fingerprint density at radius 1 is 1.03 bits per heavy atom. The van der Waals surface area contributed by atoms with Gasteiger partial charge >= 0.3 is 11.9 Å². The minimum Gasteiger partial charge on any atom is -0.465 e. The van der Waals surface area contributed by atoms with Crippen molar-refractivity contribution in [1.29, 1.82) is 0 Å². The van der Waals surface area contributed by atoms with Crippen LogP contribution in [0.5, 0.6) is 0 Å². The van der Waals surface area contributed by atoms with Gasteiger partial charge in [-0.15, -0.1) is 10.2 Å². The number of hydrogen-bond acceptors (Lipinski definition) is 8. The molecule has 1 amide bonds. The minimum atomic E-state index is -1.09. The van der Waals surface area contributed by atoms with Crippen LogP contribution in [-0.4, -0.2) is 52.1 Å². The maximum Gasteiger partial charge on any atom is 0.339 e. The largest absolute Gasteiger partial charge is 0.465 e. The number of anilines is 1. The Hall–Kier alpha value is -3.66. The highest BCUT2D eigenvalue weighted by molar-refractivity contribution is 7.98. The molecule has 10 heteroatoms. The SMILES string of the molecule is COC(=O)c1ccccc1NC(=O)C(C)OC(=O)c1ccc(-n2c(C)nnc2SC)cc1. The van der Waals surface area contributed by atoms with Gasteiger partial charge in [0.05, 0.1) is 23.9 Å². The fourth-order valence-corrected chi connectivity index (χ4v) is 3.46. The summed E-state index contributed by atoms with van der Waals surface area (Å²) in [6, 6.07) is 13.1. The Kier molecular flexibility index (Phi) is 7.26. The number of methoxy groups -OCH3 is 1. The van der Waals surface area contributed by atoms with E-state index >= 15 is 0 Å². The normalized spacial score (nSPS) is 11.5. The zero-order chi connectivity index (χ0) is 23.3. The second kappa shape index (κ2) is 10.1. The molecule has 0 saturated heterocycles. The molecule has 1 aromatic heterocycles. The number of amides is 1. The van der Waals surface area contributed by atoms with Crippen LogP contribution in [0.3, 0.4) is 0 Å². The van der Waals surface area contributed by atoms with Gasteiger partial charge in [0.15, 0.2) is 11.3 Å². The van der Waals surface area contributed by atoms with Crippen LogP contribution >= 0.6 is 11.8 Å². The van der Waals surface area contributed by atoms with Crippen LogP contribution in [0.25, 0.3) is 5.69 Å². The summed E-state index contributed by atoms with van der Waals surface area (Å²) >= 11 is 1.46. The summed E-state index contributed by atoms with van der Waals surface area (Å²) in [6.45, 7) is 3.29. The second-order valence-electron chi connectivity index (χ2n) is 6.69. The smallest absolute Gasteiger partial charge is 0.339 e. The second-order valence-corrected chi connectivity index (χ2v) is 7.46. The highest BCUT2D eigenvalue weighted by Crippen LogP contribution is 2.21. The lowest BCUT2D eigenvalue weighted by Gasteiger charge is -2.15. The van der Waals surface area contributed by atoms with Gasteiger partial charge in [0.25, 0.3) is 5.91 Å². The zero-order valence-electron chi connectivity index (χ0n) is 18.0. The third kappa shape index (κ3) is 4.97. The van der Waals surface area contributed by atoms with E-state index in [0.717, 1.165) is 16.7 Å². The molecule has 0 aliphatic heterocycles. The van der Waals surface area contributed by atoms with Crippen LogP contribution in [0.4, 0.5) is 5.69 Å². The van der Waals surface area contributed by atoms with Crippen LogP contribution in [0.15, 0.2) is 53.7 Å². The Balaban J connectivity index is 1.67. The number of hydrogen-bond donors (Lipinski definition) is 1. The number of ether oxygens (including phenoxy) is 2. The average Bonchev–Trinajstić information content (AvgIpc) is 3.19. The van der Waals surface area contributed by atoms with Crippen molar-refractivity contribution < 1.29 is 23.9 Å². The lowest BCUT2D eigenvalue weighted by Crippen LogP contribution is -2.30. The monoisotopic (exact) mass is 454 g/mol. The Morgan fingerprint density at radius 2 is 1.72 bits per heavy atom. The molecule has 0 spiro atoms.